The van der Waals surface area contributed by atoms with Gasteiger partial charge in [-0.3, -0.25) is 9.59 Å². The van der Waals surface area contributed by atoms with E-state index in [1.807, 2.05) is 0 Å². The molecule has 0 spiro atoms. The quantitative estimate of drug-likeness (QED) is 0.465. The number of anilines is 1. The molecule has 8 heteroatoms. The van der Waals surface area contributed by atoms with Crippen LogP contribution in [0, 0.1) is 5.82 Å². The predicted octanol–water partition coefficient (Wildman–Crippen LogP) is 1.75. The highest BCUT2D eigenvalue weighted by Crippen LogP contribution is 2.11. The maximum Gasteiger partial charge on any atom is 0.337 e. The Balaban J connectivity index is 1.74. The number of hydrogen-bond donors (Lipinski definition) is 2. The molecule has 0 heterocycles. The van der Waals surface area contributed by atoms with Gasteiger partial charge in [0.25, 0.3) is 0 Å². The van der Waals surface area contributed by atoms with Crippen molar-refractivity contribution in [3.05, 3.63) is 59.9 Å². The predicted molar refractivity (Wildman–Crippen MR) is 91.3 cm³/mol. The first-order valence-corrected chi connectivity index (χ1v) is 7.65. The van der Waals surface area contributed by atoms with Gasteiger partial charge in [-0.1, -0.05) is 0 Å². The summed E-state index contributed by atoms with van der Waals surface area (Å²) in [6, 6.07) is 11.3. The molecule has 0 saturated heterocycles. The van der Waals surface area contributed by atoms with E-state index < -0.39 is 17.8 Å². The molecule has 0 aliphatic carbocycles. The number of esters is 1. The first-order valence-electron chi connectivity index (χ1n) is 7.65. The number of benzene rings is 2. The Morgan fingerprint density at radius 2 is 1.62 bits per heavy atom. The van der Waals surface area contributed by atoms with Crippen LogP contribution in [0.25, 0.3) is 0 Å². The van der Waals surface area contributed by atoms with E-state index in [1.54, 1.807) is 0 Å². The van der Waals surface area contributed by atoms with E-state index in [4.69, 9.17) is 4.74 Å². The summed E-state index contributed by atoms with van der Waals surface area (Å²) in [5, 5.41) is 4.80. The van der Waals surface area contributed by atoms with Gasteiger partial charge >= 0.3 is 17.8 Å². The molecule has 0 unspecified atom stereocenters. The molecule has 2 rings (SSSR count). The van der Waals surface area contributed by atoms with Gasteiger partial charge in [-0.25, -0.2) is 9.18 Å². The van der Waals surface area contributed by atoms with E-state index in [0.717, 1.165) is 0 Å². The van der Waals surface area contributed by atoms with Gasteiger partial charge < -0.3 is 20.1 Å². The van der Waals surface area contributed by atoms with Crippen molar-refractivity contribution >= 4 is 23.5 Å². The summed E-state index contributed by atoms with van der Waals surface area (Å²) in [6.07, 6.45) is 0. The number of carbonyl (C=O) groups excluding carboxylic acids is 3. The molecule has 0 radical (unpaired) electrons. The normalized spacial score (nSPS) is 9.92. The third-order valence-corrected chi connectivity index (χ3v) is 3.24. The average Bonchev–Trinajstić information content (AvgIpc) is 2.66. The van der Waals surface area contributed by atoms with Crippen LogP contribution in [-0.2, 0) is 14.3 Å². The summed E-state index contributed by atoms with van der Waals surface area (Å²) in [6.45, 7) is 0.226. The number of carbonyl (C=O) groups is 3. The molecule has 0 bridgehead atoms. The molecule has 136 valence electrons. The lowest BCUT2D eigenvalue weighted by Crippen LogP contribution is -2.37. The van der Waals surface area contributed by atoms with Crippen molar-refractivity contribution in [1.82, 2.24) is 5.32 Å². The molecule has 0 aliphatic rings. The Hall–Kier alpha value is -3.42. The van der Waals surface area contributed by atoms with Gasteiger partial charge in [-0.15, -0.1) is 0 Å². The van der Waals surface area contributed by atoms with Crippen molar-refractivity contribution in [2.75, 3.05) is 25.6 Å². The first kappa shape index (κ1) is 18.9. The number of ether oxygens (including phenoxy) is 2. The van der Waals surface area contributed by atoms with Gasteiger partial charge in [-0.05, 0) is 48.5 Å². The molecule has 0 aromatic heterocycles. The molecular weight excluding hydrogens is 343 g/mol. The minimum Gasteiger partial charge on any atom is -0.492 e. The molecule has 0 atom stereocenters. The van der Waals surface area contributed by atoms with Crippen LogP contribution < -0.4 is 15.4 Å². The highest BCUT2D eigenvalue weighted by atomic mass is 19.1. The second kappa shape index (κ2) is 9.16. The van der Waals surface area contributed by atoms with E-state index in [0.29, 0.717) is 17.0 Å². The molecule has 2 aromatic carbocycles. The highest BCUT2D eigenvalue weighted by Gasteiger charge is 2.13. The van der Waals surface area contributed by atoms with Gasteiger partial charge in [-0.2, -0.15) is 0 Å². The maximum absolute atomic E-state index is 12.7. The Kier molecular flexibility index (Phi) is 6.67. The van der Waals surface area contributed by atoms with Crippen LogP contribution in [0.4, 0.5) is 10.1 Å². The van der Waals surface area contributed by atoms with Gasteiger partial charge in [0.05, 0.1) is 19.2 Å². The van der Waals surface area contributed by atoms with Crippen LogP contribution in [-0.4, -0.2) is 38.0 Å². The monoisotopic (exact) mass is 360 g/mol. The highest BCUT2D eigenvalue weighted by molar-refractivity contribution is 6.39. The fraction of sp³-hybridized carbons (Fsp3) is 0.167. The minimum atomic E-state index is -0.849. The molecule has 0 fully saturated rings. The lowest BCUT2D eigenvalue weighted by molar-refractivity contribution is -0.136. The summed E-state index contributed by atoms with van der Waals surface area (Å²) in [5.74, 6) is -2.10. The molecular formula is C18H17FN2O5. The van der Waals surface area contributed by atoms with E-state index in [2.05, 4.69) is 15.4 Å². The number of halogens is 1. The maximum atomic E-state index is 12.7. The van der Waals surface area contributed by atoms with Crippen molar-refractivity contribution in [2.45, 2.75) is 0 Å². The number of rotatable bonds is 6. The molecule has 0 aliphatic heterocycles. The number of methoxy groups -OCH3 is 1. The zero-order valence-electron chi connectivity index (χ0n) is 14.0. The fourth-order valence-corrected chi connectivity index (χ4v) is 1.94. The molecule has 2 aromatic rings. The smallest absolute Gasteiger partial charge is 0.337 e. The van der Waals surface area contributed by atoms with Gasteiger partial charge in [0.1, 0.15) is 18.2 Å². The van der Waals surface area contributed by atoms with E-state index in [1.165, 1.54) is 55.6 Å². The third kappa shape index (κ3) is 5.59. The summed E-state index contributed by atoms with van der Waals surface area (Å²) in [4.78, 5) is 34.8. The van der Waals surface area contributed by atoms with Crippen LogP contribution >= 0.6 is 0 Å². The van der Waals surface area contributed by atoms with Crippen LogP contribution in [0.1, 0.15) is 10.4 Å². The van der Waals surface area contributed by atoms with Crippen LogP contribution in [0.5, 0.6) is 5.75 Å². The SMILES string of the molecule is COC(=O)c1ccc(NC(=O)C(=O)NCCOc2ccc(F)cc2)cc1. The molecule has 2 N–H and O–H groups in total. The third-order valence-electron chi connectivity index (χ3n) is 3.24. The zero-order chi connectivity index (χ0) is 18.9. The number of nitrogens with one attached hydrogen (secondary N) is 2. The van der Waals surface area contributed by atoms with Crippen molar-refractivity contribution < 1.29 is 28.2 Å². The topological polar surface area (TPSA) is 93.7 Å². The second-order valence-electron chi connectivity index (χ2n) is 5.08. The second-order valence-corrected chi connectivity index (χ2v) is 5.08. The molecule has 2 amide bonds. The Morgan fingerprint density at radius 1 is 0.962 bits per heavy atom. The van der Waals surface area contributed by atoms with Crippen LogP contribution in [0.2, 0.25) is 0 Å². The summed E-state index contributed by atoms with van der Waals surface area (Å²) in [5.41, 5.74) is 0.688. The minimum absolute atomic E-state index is 0.102. The van der Waals surface area contributed by atoms with Gasteiger partial charge in [0.15, 0.2) is 0 Å². The zero-order valence-corrected chi connectivity index (χ0v) is 14.0. The average molecular weight is 360 g/mol. The summed E-state index contributed by atoms with van der Waals surface area (Å²) >= 11 is 0. The van der Waals surface area contributed by atoms with Crippen molar-refractivity contribution in [2.24, 2.45) is 0 Å². The van der Waals surface area contributed by atoms with Crippen molar-refractivity contribution in [3.63, 3.8) is 0 Å². The standard InChI is InChI=1S/C18H17FN2O5/c1-25-18(24)12-2-6-14(7-3-12)21-17(23)16(22)20-10-11-26-15-8-4-13(19)5-9-15/h2-9H,10-11H2,1H3,(H,20,22)(H,21,23). The number of hydrogen-bond acceptors (Lipinski definition) is 5. The molecule has 0 saturated carbocycles. The van der Waals surface area contributed by atoms with Gasteiger partial charge in [0.2, 0.25) is 0 Å². The Morgan fingerprint density at radius 3 is 2.23 bits per heavy atom. The van der Waals surface area contributed by atoms with E-state index in [9.17, 15) is 18.8 Å². The van der Waals surface area contributed by atoms with Crippen molar-refractivity contribution in [3.8, 4) is 5.75 Å². The fourth-order valence-electron chi connectivity index (χ4n) is 1.94. The summed E-state index contributed by atoms with van der Waals surface area (Å²) < 4.78 is 22.6. The Bertz CT molecular complexity index is 775. The lowest BCUT2D eigenvalue weighted by atomic mass is 10.2. The molecule has 26 heavy (non-hydrogen) atoms. The Labute approximate surface area is 149 Å². The first-order chi connectivity index (χ1) is 12.5. The largest absolute Gasteiger partial charge is 0.492 e. The number of amides is 2. The van der Waals surface area contributed by atoms with E-state index >= 15 is 0 Å². The van der Waals surface area contributed by atoms with Crippen molar-refractivity contribution in [1.29, 1.82) is 0 Å². The van der Waals surface area contributed by atoms with Gasteiger partial charge in [0, 0.05) is 5.69 Å². The van der Waals surface area contributed by atoms with E-state index in [-0.39, 0.29) is 19.0 Å². The summed E-state index contributed by atoms with van der Waals surface area (Å²) in [7, 11) is 1.27. The lowest BCUT2D eigenvalue weighted by Gasteiger charge is -2.08. The van der Waals surface area contributed by atoms with Crippen LogP contribution in [0.3, 0.4) is 0 Å². The van der Waals surface area contributed by atoms with Crippen LogP contribution in [0.15, 0.2) is 48.5 Å². The molecule has 7 nitrogen and oxygen atoms in total.